The zero-order valence-corrected chi connectivity index (χ0v) is 11.5. The Morgan fingerprint density at radius 1 is 0.944 bits per heavy atom. The summed E-state index contributed by atoms with van der Waals surface area (Å²) in [7, 11) is 0. The highest BCUT2D eigenvalue weighted by atomic mass is 16.5. The summed E-state index contributed by atoms with van der Waals surface area (Å²) in [6.45, 7) is 2.69. The smallest absolute Gasteiger partial charge is 0.119 e. The van der Waals surface area contributed by atoms with Crippen molar-refractivity contribution in [3.8, 4) is 5.75 Å². The predicted molar refractivity (Wildman–Crippen MR) is 76.1 cm³/mol. The highest BCUT2D eigenvalue weighted by Gasteiger charge is 1.96. The van der Waals surface area contributed by atoms with Crippen LogP contribution in [0.3, 0.4) is 0 Å². The van der Waals surface area contributed by atoms with Gasteiger partial charge in [-0.3, -0.25) is 0 Å². The van der Waals surface area contributed by atoms with E-state index in [1.54, 1.807) is 0 Å². The molecule has 0 unspecified atom stereocenters. The molecule has 1 aromatic rings. The Labute approximate surface area is 111 Å². The first kappa shape index (κ1) is 15.0. The SMILES string of the molecule is CCCCCCCCc1ccc(OCCO)cc1. The number of hydrogen-bond donors (Lipinski definition) is 1. The first-order valence-corrected chi connectivity index (χ1v) is 7.19. The van der Waals surface area contributed by atoms with Crippen LogP contribution in [0.25, 0.3) is 0 Å². The fourth-order valence-corrected chi connectivity index (χ4v) is 2.03. The first-order valence-electron chi connectivity index (χ1n) is 7.19. The van der Waals surface area contributed by atoms with E-state index >= 15 is 0 Å². The summed E-state index contributed by atoms with van der Waals surface area (Å²) in [5, 5.41) is 8.66. The minimum absolute atomic E-state index is 0.0690. The summed E-state index contributed by atoms with van der Waals surface area (Å²) < 4.78 is 5.33. The maximum Gasteiger partial charge on any atom is 0.119 e. The van der Waals surface area contributed by atoms with E-state index in [0.717, 1.165) is 12.2 Å². The molecule has 0 radical (unpaired) electrons. The number of benzene rings is 1. The lowest BCUT2D eigenvalue weighted by Crippen LogP contribution is -2.01. The van der Waals surface area contributed by atoms with Crippen LogP contribution in [0, 0.1) is 0 Å². The average molecular weight is 250 g/mol. The van der Waals surface area contributed by atoms with Crippen LogP contribution in [0.5, 0.6) is 5.75 Å². The van der Waals surface area contributed by atoms with Gasteiger partial charge in [-0.05, 0) is 30.5 Å². The summed E-state index contributed by atoms with van der Waals surface area (Å²) in [6.07, 6.45) is 9.21. The molecule has 0 bridgehead atoms. The Morgan fingerprint density at radius 3 is 2.28 bits per heavy atom. The normalized spacial score (nSPS) is 10.6. The van der Waals surface area contributed by atoms with Crippen molar-refractivity contribution in [1.29, 1.82) is 0 Å². The van der Waals surface area contributed by atoms with Crippen molar-refractivity contribution >= 4 is 0 Å². The summed E-state index contributed by atoms with van der Waals surface area (Å²) >= 11 is 0. The van der Waals surface area contributed by atoms with Gasteiger partial charge in [-0.1, -0.05) is 51.2 Å². The Kier molecular flexibility index (Phi) is 8.32. The number of ether oxygens (including phenoxy) is 1. The van der Waals surface area contributed by atoms with Crippen LogP contribution >= 0.6 is 0 Å². The fourth-order valence-electron chi connectivity index (χ4n) is 2.03. The van der Waals surface area contributed by atoms with Crippen LogP contribution in [-0.4, -0.2) is 18.3 Å². The van der Waals surface area contributed by atoms with Gasteiger partial charge in [-0.15, -0.1) is 0 Å². The van der Waals surface area contributed by atoms with Gasteiger partial charge in [-0.25, -0.2) is 0 Å². The molecule has 0 aliphatic heterocycles. The maximum absolute atomic E-state index is 8.66. The van der Waals surface area contributed by atoms with Gasteiger partial charge in [0.05, 0.1) is 6.61 Å². The molecule has 1 aromatic carbocycles. The van der Waals surface area contributed by atoms with Crippen molar-refractivity contribution in [3.05, 3.63) is 29.8 Å². The highest BCUT2D eigenvalue weighted by Crippen LogP contribution is 2.14. The standard InChI is InChI=1S/C16H26O2/c1-2-3-4-5-6-7-8-15-9-11-16(12-10-15)18-14-13-17/h9-12,17H,2-8,13-14H2,1H3. The molecule has 0 amide bonds. The summed E-state index contributed by atoms with van der Waals surface area (Å²) in [6, 6.07) is 8.22. The second kappa shape index (κ2) is 9.95. The monoisotopic (exact) mass is 250 g/mol. The molecule has 18 heavy (non-hydrogen) atoms. The quantitative estimate of drug-likeness (QED) is 0.637. The molecule has 102 valence electrons. The minimum atomic E-state index is 0.0690. The van der Waals surface area contributed by atoms with Crippen molar-refractivity contribution in [1.82, 2.24) is 0 Å². The molecule has 2 nitrogen and oxygen atoms in total. The van der Waals surface area contributed by atoms with E-state index in [9.17, 15) is 0 Å². The second-order valence-corrected chi connectivity index (χ2v) is 4.73. The number of rotatable bonds is 10. The Bertz CT molecular complexity index is 292. The molecule has 0 fully saturated rings. The molecule has 0 atom stereocenters. The van der Waals surface area contributed by atoms with E-state index in [1.165, 1.54) is 44.1 Å². The van der Waals surface area contributed by atoms with Crippen LogP contribution < -0.4 is 4.74 Å². The molecule has 1 N–H and O–H groups in total. The molecule has 0 heterocycles. The third kappa shape index (κ3) is 6.65. The van der Waals surface area contributed by atoms with E-state index in [0.29, 0.717) is 6.61 Å². The molecule has 0 spiro atoms. The topological polar surface area (TPSA) is 29.5 Å². The molecule has 0 saturated carbocycles. The van der Waals surface area contributed by atoms with Crippen molar-refractivity contribution in [2.24, 2.45) is 0 Å². The second-order valence-electron chi connectivity index (χ2n) is 4.73. The van der Waals surface area contributed by atoms with E-state index in [-0.39, 0.29) is 6.61 Å². The van der Waals surface area contributed by atoms with Crippen molar-refractivity contribution in [2.75, 3.05) is 13.2 Å². The summed E-state index contributed by atoms with van der Waals surface area (Å²) in [5.74, 6) is 0.843. The lowest BCUT2D eigenvalue weighted by molar-refractivity contribution is 0.201. The van der Waals surface area contributed by atoms with E-state index < -0.39 is 0 Å². The van der Waals surface area contributed by atoms with Gasteiger partial charge in [-0.2, -0.15) is 0 Å². The van der Waals surface area contributed by atoms with Crippen LogP contribution in [0.1, 0.15) is 51.0 Å². The van der Waals surface area contributed by atoms with E-state index in [2.05, 4.69) is 19.1 Å². The third-order valence-electron chi connectivity index (χ3n) is 3.10. The van der Waals surface area contributed by atoms with Gasteiger partial charge in [0.1, 0.15) is 12.4 Å². The van der Waals surface area contributed by atoms with Crippen LogP contribution in [-0.2, 0) is 6.42 Å². The van der Waals surface area contributed by atoms with E-state index in [4.69, 9.17) is 9.84 Å². The zero-order valence-electron chi connectivity index (χ0n) is 11.5. The fraction of sp³-hybridized carbons (Fsp3) is 0.625. The number of aryl methyl sites for hydroxylation is 1. The zero-order chi connectivity index (χ0) is 13.1. The minimum Gasteiger partial charge on any atom is -0.491 e. The lowest BCUT2D eigenvalue weighted by Gasteiger charge is -2.06. The molecular weight excluding hydrogens is 224 g/mol. The number of aliphatic hydroxyl groups excluding tert-OH is 1. The number of unbranched alkanes of at least 4 members (excludes halogenated alkanes) is 5. The first-order chi connectivity index (χ1) is 8.86. The Morgan fingerprint density at radius 2 is 1.61 bits per heavy atom. The van der Waals surface area contributed by atoms with Crippen molar-refractivity contribution < 1.29 is 9.84 Å². The maximum atomic E-state index is 8.66. The predicted octanol–water partition coefficient (Wildman–Crippen LogP) is 3.96. The van der Waals surface area contributed by atoms with Gasteiger partial charge >= 0.3 is 0 Å². The summed E-state index contributed by atoms with van der Waals surface area (Å²) in [5.41, 5.74) is 1.38. The van der Waals surface area contributed by atoms with Crippen molar-refractivity contribution in [3.63, 3.8) is 0 Å². The average Bonchev–Trinajstić information content (AvgIpc) is 2.42. The van der Waals surface area contributed by atoms with E-state index in [1.807, 2.05) is 12.1 Å². The van der Waals surface area contributed by atoms with Gasteiger partial charge in [0.25, 0.3) is 0 Å². The third-order valence-corrected chi connectivity index (χ3v) is 3.10. The van der Waals surface area contributed by atoms with Gasteiger partial charge in [0.2, 0.25) is 0 Å². The molecule has 0 saturated heterocycles. The molecule has 2 heteroatoms. The number of aliphatic hydroxyl groups is 1. The van der Waals surface area contributed by atoms with Gasteiger partial charge in [0.15, 0.2) is 0 Å². The van der Waals surface area contributed by atoms with Crippen LogP contribution in [0.15, 0.2) is 24.3 Å². The van der Waals surface area contributed by atoms with Gasteiger partial charge < -0.3 is 9.84 Å². The van der Waals surface area contributed by atoms with Crippen molar-refractivity contribution in [2.45, 2.75) is 51.9 Å². The summed E-state index contributed by atoms with van der Waals surface area (Å²) in [4.78, 5) is 0. The molecule has 0 aliphatic rings. The molecule has 1 rings (SSSR count). The Balaban J connectivity index is 2.14. The van der Waals surface area contributed by atoms with Gasteiger partial charge in [0, 0.05) is 0 Å². The molecule has 0 aliphatic carbocycles. The van der Waals surface area contributed by atoms with Crippen LogP contribution in [0.4, 0.5) is 0 Å². The highest BCUT2D eigenvalue weighted by molar-refractivity contribution is 5.27. The lowest BCUT2D eigenvalue weighted by atomic mass is 10.0. The molecular formula is C16H26O2. The largest absolute Gasteiger partial charge is 0.491 e. The Hall–Kier alpha value is -1.02. The van der Waals surface area contributed by atoms with Crippen LogP contribution in [0.2, 0.25) is 0 Å². The number of hydrogen-bond acceptors (Lipinski definition) is 2. The molecule has 0 aromatic heterocycles.